The second kappa shape index (κ2) is 9.40. The van der Waals surface area contributed by atoms with Gasteiger partial charge in [0.25, 0.3) is 0 Å². The van der Waals surface area contributed by atoms with Gasteiger partial charge < -0.3 is 9.64 Å². The van der Waals surface area contributed by atoms with Gasteiger partial charge in [0, 0.05) is 29.9 Å². The van der Waals surface area contributed by atoms with Gasteiger partial charge >= 0.3 is 5.97 Å². The number of thioether (sulfide) groups is 1. The van der Waals surface area contributed by atoms with Crippen molar-refractivity contribution in [3.05, 3.63) is 24.5 Å². The molecule has 142 valence electrons. The maximum atomic E-state index is 13.0. The molecule has 2 aliphatic carbocycles. The number of nitrogens with zero attached hydrogens (tertiary/aromatic N) is 2. The van der Waals surface area contributed by atoms with E-state index in [0.717, 1.165) is 24.2 Å². The van der Waals surface area contributed by atoms with E-state index in [1.54, 1.807) is 24.2 Å². The van der Waals surface area contributed by atoms with E-state index in [9.17, 15) is 9.59 Å². The third kappa shape index (κ3) is 5.22. The molecule has 1 amide bonds. The molecule has 3 rings (SSSR count). The van der Waals surface area contributed by atoms with Gasteiger partial charge in [-0.15, -0.1) is 11.8 Å². The maximum absolute atomic E-state index is 13.0. The highest BCUT2D eigenvalue weighted by atomic mass is 32.2. The van der Waals surface area contributed by atoms with Crippen molar-refractivity contribution in [2.75, 3.05) is 18.9 Å². The van der Waals surface area contributed by atoms with Crippen LogP contribution < -0.4 is 0 Å². The normalized spacial score (nSPS) is 22.7. The van der Waals surface area contributed by atoms with Gasteiger partial charge in [0.05, 0.1) is 18.3 Å². The van der Waals surface area contributed by atoms with Crippen molar-refractivity contribution in [3.8, 4) is 0 Å². The largest absolute Gasteiger partial charge is 0.466 e. The first-order chi connectivity index (χ1) is 12.7. The van der Waals surface area contributed by atoms with Crippen molar-refractivity contribution in [2.24, 2.45) is 11.8 Å². The Bertz CT molecular complexity index is 604. The highest BCUT2D eigenvalue weighted by Crippen LogP contribution is 2.41. The number of hydrogen-bond donors (Lipinski definition) is 0. The van der Waals surface area contributed by atoms with Crippen LogP contribution in [0.15, 0.2) is 29.4 Å². The van der Waals surface area contributed by atoms with Crippen molar-refractivity contribution in [3.63, 3.8) is 0 Å². The van der Waals surface area contributed by atoms with Crippen LogP contribution in [-0.4, -0.2) is 46.7 Å². The molecule has 26 heavy (non-hydrogen) atoms. The Morgan fingerprint density at radius 3 is 2.65 bits per heavy atom. The highest BCUT2D eigenvalue weighted by Gasteiger charge is 2.46. The molecule has 6 heteroatoms. The van der Waals surface area contributed by atoms with Crippen LogP contribution in [0.25, 0.3) is 0 Å². The average Bonchev–Trinajstić information content (AvgIpc) is 3.45. The summed E-state index contributed by atoms with van der Waals surface area (Å²) in [5.41, 5.74) is 0. The molecule has 0 saturated heterocycles. The van der Waals surface area contributed by atoms with E-state index in [2.05, 4.69) is 9.88 Å². The summed E-state index contributed by atoms with van der Waals surface area (Å²) in [4.78, 5) is 32.0. The van der Waals surface area contributed by atoms with Crippen molar-refractivity contribution >= 4 is 23.6 Å². The predicted molar refractivity (Wildman–Crippen MR) is 102 cm³/mol. The second-order valence-electron chi connectivity index (χ2n) is 7.16. The molecule has 2 atom stereocenters. The van der Waals surface area contributed by atoms with Crippen LogP contribution in [0, 0.1) is 11.8 Å². The molecule has 0 radical (unpaired) electrons. The minimum absolute atomic E-state index is 0.0123. The minimum atomic E-state index is -0.0975. The third-order valence-corrected chi connectivity index (χ3v) is 6.29. The summed E-state index contributed by atoms with van der Waals surface area (Å²) in [5.74, 6) is 0.789. The molecule has 0 aliphatic heterocycles. The Morgan fingerprint density at radius 1 is 1.23 bits per heavy atom. The topological polar surface area (TPSA) is 59.5 Å². The average molecular weight is 377 g/mol. The van der Waals surface area contributed by atoms with Gasteiger partial charge in [-0.3, -0.25) is 14.6 Å². The van der Waals surface area contributed by atoms with E-state index < -0.39 is 0 Å². The smallest absolute Gasteiger partial charge is 0.309 e. The summed E-state index contributed by atoms with van der Waals surface area (Å²) in [6.07, 6.45) is 10.2. The van der Waals surface area contributed by atoms with Gasteiger partial charge in [-0.25, -0.2) is 0 Å². The first kappa shape index (κ1) is 19.2. The van der Waals surface area contributed by atoms with Crippen LogP contribution >= 0.6 is 11.8 Å². The number of ether oxygens (including phenoxy) is 1. The molecule has 1 heterocycles. The van der Waals surface area contributed by atoms with Crippen LogP contribution in [0.5, 0.6) is 0 Å². The molecule has 5 nitrogen and oxygen atoms in total. The molecule has 2 fully saturated rings. The number of amides is 1. The standard InChI is InChI=1S/C20H28N2O3S/c1-2-25-20(24)18-12-15(18)13-22(16-6-4-3-5-7-16)19(23)14-26-17-8-10-21-11-9-17/h8-11,15-16,18H,2-7,12-14H2,1H3/t15-,18+/m0/s1. The first-order valence-corrected chi connectivity index (χ1v) is 10.7. The summed E-state index contributed by atoms with van der Waals surface area (Å²) in [6.45, 7) is 2.96. The molecule has 0 bridgehead atoms. The predicted octanol–water partition coefficient (Wildman–Crippen LogP) is 3.53. The highest BCUT2D eigenvalue weighted by molar-refractivity contribution is 8.00. The molecule has 0 spiro atoms. The van der Waals surface area contributed by atoms with Crippen molar-refractivity contribution < 1.29 is 14.3 Å². The Kier molecular flexibility index (Phi) is 6.94. The summed E-state index contributed by atoms with van der Waals surface area (Å²) in [6, 6.07) is 4.19. The summed E-state index contributed by atoms with van der Waals surface area (Å²) < 4.78 is 5.14. The quantitative estimate of drug-likeness (QED) is 0.513. The second-order valence-corrected chi connectivity index (χ2v) is 8.21. The lowest BCUT2D eigenvalue weighted by Crippen LogP contribution is -2.44. The van der Waals surface area contributed by atoms with Crippen LogP contribution in [0.1, 0.15) is 45.4 Å². The molecular weight excluding hydrogens is 348 g/mol. The van der Waals surface area contributed by atoms with Gasteiger partial charge in [-0.05, 0) is 44.2 Å². The summed E-state index contributed by atoms with van der Waals surface area (Å²) in [7, 11) is 0. The lowest BCUT2D eigenvalue weighted by molar-refractivity contribution is -0.145. The van der Waals surface area contributed by atoms with Crippen molar-refractivity contribution in [1.29, 1.82) is 0 Å². The zero-order valence-corrected chi connectivity index (χ0v) is 16.2. The lowest BCUT2D eigenvalue weighted by atomic mass is 9.94. The molecular formula is C20H28N2O3S. The Morgan fingerprint density at radius 2 is 1.96 bits per heavy atom. The maximum Gasteiger partial charge on any atom is 0.309 e. The lowest BCUT2D eigenvalue weighted by Gasteiger charge is -2.34. The number of hydrogen-bond acceptors (Lipinski definition) is 5. The van der Waals surface area contributed by atoms with Gasteiger partial charge in [0.1, 0.15) is 0 Å². The monoisotopic (exact) mass is 376 g/mol. The minimum Gasteiger partial charge on any atom is -0.466 e. The van der Waals surface area contributed by atoms with E-state index in [1.807, 2.05) is 19.1 Å². The number of esters is 1. The van der Waals surface area contributed by atoms with E-state index in [-0.39, 0.29) is 23.7 Å². The molecule has 1 aromatic rings. The van der Waals surface area contributed by atoms with Crippen LogP contribution in [0.3, 0.4) is 0 Å². The molecule has 2 saturated carbocycles. The number of aromatic nitrogens is 1. The fourth-order valence-corrected chi connectivity index (χ4v) is 4.52. The third-order valence-electron chi connectivity index (χ3n) is 5.29. The molecule has 0 aromatic carbocycles. The summed E-state index contributed by atoms with van der Waals surface area (Å²) >= 11 is 1.56. The zero-order chi connectivity index (χ0) is 18.4. The van der Waals surface area contributed by atoms with E-state index in [1.165, 1.54) is 19.3 Å². The van der Waals surface area contributed by atoms with Crippen molar-refractivity contribution in [2.45, 2.75) is 56.4 Å². The Balaban J connectivity index is 1.58. The number of rotatable bonds is 8. The van der Waals surface area contributed by atoms with E-state index in [4.69, 9.17) is 4.74 Å². The van der Waals surface area contributed by atoms with Gasteiger partial charge in [-0.2, -0.15) is 0 Å². The van der Waals surface area contributed by atoms with E-state index >= 15 is 0 Å². The first-order valence-electron chi connectivity index (χ1n) is 9.68. The molecule has 2 aliphatic rings. The van der Waals surface area contributed by atoms with Crippen LogP contribution in [-0.2, 0) is 14.3 Å². The zero-order valence-electron chi connectivity index (χ0n) is 15.4. The summed E-state index contributed by atoms with van der Waals surface area (Å²) in [5, 5.41) is 0. The molecule has 0 unspecified atom stereocenters. The SMILES string of the molecule is CCOC(=O)[C@@H]1C[C@H]1CN(C(=O)CSc1ccncc1)C1CCCCC1. The number of pyridine rings is 1. The van der Waals surface area contributed by atoms with Crippen molar-refractivity contribution in [1.82, 2.24) is 9.88 Å². The van der Waals surface area contributed by atoms with Gasteiger partial charge in [-0.1, -0.05) is 19.3 Å². The van der Waals surface area contributed by atoms with Crippen LogP contribution in [0.2, 0.25) is 0 Å². The fraction of sp³-hybridized carbons (Fsp3) is 0.650. The van der Waals surface area contributed by atoms with Gasteiger partial charge in [0.2, 0.25) is 5.91 Å². The Hall–Kier alpha value is -1.56. The van der Waals surface area contributed by atoms with Crippen LogP contribution in [0.4, 0.5) is 0 Å². The fourth-order valence-electron chi connectivity index (χ4n) is 3.75. The Labute approximate surface area is 159 Å². The molecule has 0 N–H and O–H groups in total. The number of carbonyl (C=O) groups excluding carboxylic acids is 2. The number of carbonyl (C=O) groups is 2. The van der Waals surface area contributed by atoms with Gasteiger partial charge in [0.15, 0.2) is 0 Å². The van der Waals surface area contributed by atoms with E-state index in [0.29, 0.717) is 24.9 Å². The molecule has 1 aromatic heterocycles.